The third kappa shape index (κ3) is 16.4. The first-order valence-corrected chi connectivity index (χ1v) is 15.8. The maximum atomic E-state index is 13.2. The Morgan fingerprint density at radius 3 is 1.41 bits per heavy atom. The van der Waals surface area contributed by atoms with E-state index in [0.29, 0.717) is 0 Å². The van der Waals surface area contributed by atoms with Gasteiger partial charge in [0.2, 0.25) is 0 Å². The van der Waals surface area contributed by atoms with Gasteiger partial charge in [0.05, 0.1) is 52.2 Å². The van der Waals surface area contributed by atoms with E-state index in [-0.39, 0.29) is 58.8 Å². The van der Waals surface area contributed by atoms with Gasteiger partial charge in [-0.15, -0.1) is 0 Å². The molecule has 260 valence electrons. The summed E-state index contributed by atoms with van der Waals surface area (Å²) in [6.45, 7) is 16.2. The van der Waals surface area contributed by atoms with Crippen LogP contribution in [0.4, 0.5) is 4.79 Å². The molecule has 1 aliphatic heterocycles. The van der Waals surface area contributed by atoms with Gasteiger partial charge in [0.15, 0.2) is 0 Å². The molecule has 0 aromatic heterocycles. The largest absolute Gasteiger partial charge is 0.460 e. The quantitative estimate of drug-likeness (QED) is 0.199. The van der Waals surface area contributed by atoms with Crippen LogP contribution in [0.5, 0.6) is 0 Å². The van der Waals surface area contributed by atoms with Crippen LogP contribution in [0, 0.1) is 0 Å². The average molecular weight is 652 g/mol. The SMILES string of the molecule is CC(C)(C)OC(=O)CCOC1[C@@H](OCCC(=O)OC(C)(C)C)CN(C(=O)OCc2ccccc2)C[C@H]1OCCC(=O)OC(C)(C)C. The van der Waals surface area contributed by atoms with Gasteiger partial charge in [0, 0.05) is 0 Å². The van der Waals surface area contributed by atoms with E-state index in [1.165, 1.54) is 4.90 Å². The number of carbonyl (C=O) groups excluding carboxylic acids is 4. The molecule has 1 heterocycles. The molecule has 3 atom stereocenters. The number of esters is 3. The molecule has 46 heavy (non-hydrogen) atoms. The number of likely N-dealkylation sites (tertiary alicyclic amines) is 1. The van der Waals surface area contributed by atoms with Gasteiger partial charge in [0.25, 0.3) is 0 Å². The van der Waals surface area contributed by atoms with Crippen molar-refractivity contribution in [2.45, 2.75) is 123 Å². The summed E-state index contributed by atoms with van der Waals surface area (Å²) in [6, 6.07) is 9.28. The lowest BCUT2D eigenvalue weighted by molar-refractivity contribution is -0.182. The summed E-state index contributed by atoms with van der Waals surface area (Å²) >= 11 is 0. The van der Waals surface area contributed by atoms with Crippen molar-refractivity contribution in [2.75, 3.05) is 32.9 Å². The van der Waals surface area contributed by atoms with Crippen LogP contribution >= 0.6 is 0 Å². The molecule has 0 aliphatic carbocycles. The number of carbonyl (C=O) groups is 4. The van der Waals surface area contributed by atoms with Crippen LogP contribution in [0.2, 0.25) is 0 Å². The monoisotopic (exact) mass is 651 g/mol. The molecule has 1 aliphatic rings. The van der Waals surface area contributed by atoms with E-state index >= 15 is 0 Å². The first-order valence-electron chi connectivity index (χ1n) is 15.8. The number of nitrogens with zero attached hydrogens (tertiary/aromatic N) is 1. The number of rotatable bonds is 14. The molecule has 1 aromatic rings. The fourth-order valence-electron chi connectivity index (χ4n) is 4.47. The second-order valence-electron chi connectivity index (χ2n) is 14.1. The lowest BCUT2D eigenvalue weighted by Crippen LogP contribution is -2.59. The van der Waals surface area contributed by atoms with Gasteiger partial charge in [0.1, 0.15) is 41.7 Å². The second kappa shape index (κ2) is 17.6. The highest BCUT2D eigenvalue weighted by molar-refractivity contribution is 5.71. The van der Waals surface area contributed by atoms with Crippen LogP contribution < -0.4 is 0 Å². The van der Waals surface area contributed by atoms with Crippen molar-refractivity contribution in [2.24, 2.45) is 0 Å². The topological polar surface area (TPSA) is 136 Å². The van der Waals surface area contributed by atoms with Gasteiger partial charge in [-0.3, -0.25) is 14.4 Å². The fraction of sp³-hybridized carbons (Fsp3) is 0.706. The Bertz CT molecular complexity index is 1070. The van der Waals surface area contributed by atoms with E-state index < -0.39 is 59.1 Å². The maximum Gasteiger partial charge on any atom is 0.410 e. The number of piperidine rings is 1. The molecule has 12 nitrogen and oxygen atoms in total. The van der Waals surface area contributed by atoms with Crippen LogP contribution in [0.15, 0.2) is 30.3 Å². The van der Waals surface area contributed by atoms with Crippen molar-refractivity contribution < 1.29 is 52.3 Å². The lowest BCUT2D eigenvalue weighted by atomic mass is 10.0. The minimum atomic E-state index is -0.759. The normalized spacial score (nSPS) is 18.9. The van der Waals surface area contributed by atoms with E-state index in [0.717, 1.165) is 5.56 Å². The van der Waals surface area contributed by atoms with Gasteiger partial charge in [-0.05, 0) is 67.9 Å². The number of benzene rings is 1. The van der Waals surface area contributed by atoms with Crippen LogP contribution in [0.1, 0.15) is 87.1 Å². The van der Waals surface area contributed by atoms with Crippen molar-refractivity contribution >= 4 is 24.0 Å². The Labute approximate surface area is 273 Å². The molecule has 0 bridgehead atoms. The zero-order valence-electron chi connectivity index (χ0n) is 28.9. The molecule has 1 aromatic carbocycles. The van der Waals surface area contributed by atoms with Gasteiger partial charge < -0.3 is 38.1 Å². The molecular weight excluding hydrogens is 598 g/mol. The Morgan fingerprint density at radius 1 is 0.630 bits per heavy atom. The van der Waals surface area contributed by atoms with E-state index in [2.05, 4.69) is 0 Å². The summed E-state index contributed by atoms with van der Waals surface area (Å²) in [4.78, 5) is 51.8. The molecule has 0 saturated carbocycles. The summed E-state index contributed by atoms with van der Waals surface area (Å²) in [5, 5.41) is 0. The third-order valence-corrected chi connectivity index (χ3v) is 6.15. The predicted octanol–water partition coefficient (Wildman–Crippen LogP) is 4.99. The minimum Gasteiger partial charge on any atom is -0.460 e. The number of hydrogen-bond donors (Lipinski definition) is 0. The van der Waals surface area contributed by atoms with E-state index in [9.17, 15) is 19.2 Å². The van der Waals surface area contributed by atoms with Crippen LogP contribution in [-0.2, 0) is 54.1 Å². The molecule has 1 amide bonds. The summed E-state index contributed by atoms with van der Waals surface area (Å²) < 4.78 is 40.2. The van der Waals surface area contributed by atoms with E-state index in [1.54, 1.807) is 62.3 Å². The van der Waals surface area contributed by atoms with Gasteiger partial charge >= 0.3 is 24.0 Å². The maximum absolute atomic E-state index is 13.2. The molecule has 0 spiro atoms. The van der Waals surface area contributed by atoms with Crippen molar-refractivity contribution in [3.8, 4) is 0 Å². The van der Waals surface area contributed by atoms with Crippen molar-refractivity contribution in [1.29, 1.82) is 0 Å². The minimum absolute atomic E-state index is 0.00408. The molecule has 1 fully saturated rings. The van der Waals surface area contributed by atoms with E-state index in [1.807, 2.05) is 30.3 Å². The Hall–Kier alpha value is -3.22. The van der Waals surface area contributed by atoms with Crippen LogP contribution in [-0.4, -0.2) is 96.9 Å². The Kier molecular flexibility index (Phi) is 14.9. The molecule has 1 unspecified atom stereocenters. The lowest BCUT2D eigenvalue weighted by Gasteiger charge is -2.42. The zero-order valence-corrected chi connectivity index (χ0v) is 28.9. The Balaban J connectivity index is 2.21. The molecule has 0 radical (unpaired) electrons. The van der Waals surface area contributed by atoms with Crippen LogP contribution in [0.3, 0.4) is 0 Å². The summed E-state index contributed by atoms with van der Waals surface area (Å²) in [6.07, 6.45) is -2.93. The summed E-state index contributed by atoms with van der Waals surface area (Å²) in [5.74, 6) is -1.30. The Morgan fingerprint density at radius 2 is 1.02 bits per heavy atom. The molecule has 1 saturated heterocycles. The summed E-state index contributed by atoms with van der Waals surface area (Å²) in [5.41, 5.74) is -1.13. The average Bonchev–Trinajstić information content (AvgIpc) is 2.90. The van der Waals surface area contributed by atoms with Gasteiger partial charge in [-0.25, -0.2) is 4.79 Å². The highest BCUT2D eigenvalue weighted by atomic mass is 16.6. The first-order chi connectivity index (χ1) is 21.3. The predicted molar refractivity (Wildman–Crippen MR) is 169 cm³/mol. The number of ether oxygens (including phenoxy) is 7. The molecule has 12 heteroatoms. The zero-order chi connectivity index (χ0) is 34.5. The number of amides is 1. The van der Waals surface area contributed by atoms with E-state index in [4.69, 9.17) is 33.2 Å². The molecule has 2 rings (SSSR count). The first kappa shape index (κ1) is 39.0. The summed E-state index contributed by atoms with van der Waals surface area (Å²) in [7, 11) is 0. The molecule has 0 N–H and O–H groups in total. The smallest absolute Gasteiger partial charge is 0.410 e. The van der Waals surface area contributed by atoms with Crippen LogP contribution in [0.25, 0.3) is 0 Å². The highest BCUT2D eigenvalue weighted by Gasteiger charge is 2.42. The molecular formula is C34H53NO11. The van der Waals surface area contributed by atoms with Crippen molar-refractivity contribution in [3.63, 3.8) is 0 Å². The van der Waals surface area contributed by atoms with Gasteiger partial charge in [-0.1, -0.05) is 30.3 Å². The number of hydrogen-bond acceptors (Lipinski definition) is 11. The van der Waals surface area contributed by atoms with Crippen molar-refractivity contribution in [1.82, 2.24) is 4.90 Å². The van der Waals surface area contributed by atoms with Gasteiger partial charge in [-0.2, -0.15) is 0 Å². The second-order valence-corrected chi connectivity index (χ2v) is 14.1. The third-order valence-electron chi connectivity index (χ3n) is 6.15. The highest BCUT2D eigenvalue weighted by Crippen LogP contribution is 2.23. The van der Waals surface area contributed by atoms with Crippen molar-refractivity contribution in [3.05, 3.63) is 35.9 Å². The fourth-order valence-corrected chi connectivity index (χ4v) is 4.47. The standard InChI is InChI=1S/C34H53NO11/c1-32(2,3)44-27(36)15-18-40-25-21-35(31(39)43-23-24-13-11-10-12-14-24)22-26(41-19-16-28(37)45-33(4,5)6)30(25)42-20-17-29(38)46-34(7,8)9/h10-14,25-26,30H,15-23H2,1-9H3/t25-,26+,30?.